The van der Waals surface area contributed by atoms with E-state index in [9.17, 15) is 10.1 Å². The number of hydrogen-bond donors (Lipinski definition) is 2. The van der Waals surface area contributed by atoms with Crippen LogP contribution in [0, 0.1) is 11.3 Å². The Balaban J connectivity index is 3.06. The van der Waals surface area contributed by atoms with Crippen molar-refractivity contribution in [2.75, 3.05) is 25.0 Å². The lowest BCUT2D eigenvalue weighted by molar-refractivity contribution is -0.112. The van der Waals surface area contributed by atoms with Gasteiger partial charge in [-0.05, 0) is 30.9 Å². The van der Waals surface area contributed by atoms with Crippen LogP contribution >= 0.6 is 0 Å². The topological polar surface area (TPSA) is 76.4 Å². The molecule has 0 aromatic heterocycles. The van der Waals surface area contributed by atoms with Crippen LogP contribution in [-0.2, 0) is 17.6 Å². The summed E-state index contributed by atoms with van der Waals surface area (Å²) in [6, 6.07) is 7.89. The molecule has 0 fully saturated rings. The molecule has 0 bridgehead atoms. The van der Waals surface area contributed by atoms with Crippen LogP contribution in [0.4, 0.5) is 5.69 Å². The number of aliphatic hydroxyl groups excluding tert-OH is 1. The molecule has 1 aromatic carbocycles. The zero-order valence-electron chi connectivity index (χ0n) is 14.1. The molecule has 0 saturated heterocycles. The number of nitriles is 1. The van der Waals surface area contributed by atoms with E-state index in [0.29, 0.717) is 13.1 Å². The highest BCUT2D eigenvalue weighted by Crippen LogP contribution is 2.23. The Hall–Kier alpha value is -2.32. The fourth-order valence-electron chi connectivity index (χ4n) is 2.35. The molecule has 1 rings (SSSR count). The molecule has 1 amide bonds. The van der Waals surface area contributed by atoms with Crippen LogP contribution in [0.5, 0.6) is 0 Å². The summed E-state index contributed by atoms with van der Waals surface area (Å²) in [5.41, 5.74) is 2.94. The van der Waals surface area contributed by atoms with Gasteiger partial charge in [0.1, 0.15) is 11.6 Å². The van der Waals surface area contributed by atoms with Gasteiger partial charge in [-0.1, -0.05) is 32.0 Å². The molecule has 1 aromatic rings. The van der Waals surface area contributed by atoms with E-state index in [1.807, 2.05) is 45.0 Å². The first-order valence-corrected chi connectivity index (χ1v) is 8.00. The molecule has 0 spiro atoms. The van der Waals surface area contributed by atoms with Crippen LogP contribution in [0.15, 0.2) is 30.0 Å². The second kappa shape index (κ2) is 9.65. The second-order valence-electron chi connectivity index (χ2n) is 5.12. The summed E-state index contributed by atoms with van der Waals surface area (Å²) < 4.78 is 0. The predicted octanol–water partition coefficient (Wildman–Crippen LogP) is 2.47. The molecule has 0 saturated carbocycles. The number of likely N-dealkylation sites (N-methyl/N-ethyl adjacent to an activating group) is 1. The molecule has 0 aliphatic carbocycles. The van der Waals surface area contributed by atoms with Gasteiger partial charge in [0.05, 0.1) is 6.61 Å². The van der Waals surface area contributed by atoms with Gasteiger partial charge in [0.25, 0.3) is 5.91 Å². The molecular weight excluding hydrogens is 290 g/mol. The number of hydrogen-bond acceptors (Lipinski definition) is 4. The first-order chi connectivity index (χ1) is 11.1. The fourth-order valence-corrected chi connectivity index (χ4v) is 2.35. The molecular formula is C18H25N3O2. The number of para-hydroxylation sites is 1. The van der Waals surface area contributed by atoms with Crippen molar-refractivity contribution in [3.63, 3.8) is 0 Å². The number of amides is 1. The average Bonchev–Trinajstić information content (AvgIpc) is 2.58. The lowest BCUT2D eigenvalue weighted by Crippen LogP contribution is -2.24. The van der Waals surface area contributed by atoms with E-state index in [0.717, 1.165) is 29.7 Å². The summed E-state index contributed by atoms with van der Waals surface area (Å²) in [6.45, 7) is 6.95. The third kappa shape index (κ3) is 5.11. The summed E-state index contributed by atoms with van der Waals surface area (Å²) >= 11 is 0. The van der Waals surface area contributed by atoms with Gasteiger partial charge < -0.3 is 15.3 Å². The van der Waals surface area contributed by atoms with Crippen molar-refractivity contribution in [2.24, 2.45) is 0 Å². The molecule has 124 valence electrons. The lowest BCUT2D eigenvalue weighted by atomic mass is 10.0. The molecule has 0 aliphatic rings. The molecule has 5 nitrogen and oxygen atoms in total. The number of carbonyl (C=O) groups excluding carboxylic acids is 1. The Bertz CT molecular complexity index is 581. The van der Waals surface area contributed by atoms with Gasteiger partial charge in [-0.15, -0.1) is 0 Å². The zero-order chi connectivity index (χ0) is 17.2. The van der Waals surface area contributed by atoms with Crippen LogP contribution in [0.3, 0.4) is 0 Å². The smallest absolute Gasteiger partial charge is 0.267 e. The van der Waals surface area contributed by atoms with Gasteiger partial charge in [-0.25, -0.2) is 0 Å². The zero-order valence-corrected chi connectivity index (χ0v) is 14.1. The highest BCUT2D eigenvalue weighted by Gasteiger charge is 2.14. The van der Waals surface area contributed by atoms with E-state index in [4.69, 9.17) is 5.11 Å². The number of aryl methyl sites for hydroxylation is 2. The fraction of sp³-hybridized carbons (Fsp3) is 0.444. The van der Waals surface area contributed by atoms with Crippen molar-refractivity contribution < 1.29 is 9.90 Å². The normalized spacial score (nSPS) is 11.0. The molecule has 0 unspecified atom stereocenters. The van der Waals surface area contributed by atoms with E-state index in [-0.39, 0.29) is 12.2 Å². The Morgan fingerprint density at radius 2 is 1.91 bits per heavy atom. The Morgan fingerprint density at radius 1 is 1.30 bits per heavy atom. The number of rotatable bonds is 8. The summed E-state index contributed by atoms with van der Waals surface area (Å²) in [5, 5.41) is 21.2. The van der Waals surface area contributed by atoms with Crippen molar-refractivity contribution in [2.45, 2.75) is 33.6 Å². The van der Waals surface area contributed by atoms with Crippen molar-refractivity contribution in [1.82, 2.24) is 4.90 Å². The Kier molecular flexibility index (Phi) is 7.86. The van der Waals surface area contributed by atoms with Gasteiger partial charge in [0.15, 0.2) is 0 Å². The predicted molar refractivity (Wildman–Crippen MR) is 91.9 cm³/mol. The summed E-state index contributed by atoms with van der Waals surface area (Å²) in [5.74, 6) is -0.417. The highest BCUT2D eigenvalue weighted by molar-refractivity contribution is 6.07. The second-order valence-corrected chi connectivity index (χ2v) is 5.12. The first kappa shape index (κ1) is 18.7. The molecule has 0 heterocycles. The van der Waals surface area contributed by atoms with Crippen LogP contribution in [-0.4, -0.2) is 35.6 Å². The van der Waals surface area contributed by atoms with Crippen molar-refractivity contribution in [1.29, 1.82) is 5.26 Å². The molecule has 0 atom stereocenters. The standard InChI is InChI=1S/C18H25N3O2/c1-4-14-8-7-9-15(5-2)17(14)20-18(23)16(12-19)13-21(6-3)10-11-22/h7-9,13,22H,4-6,10-11H2,1-3H3,(H,20,23)/b16-13-. The maximum Gasteiger partial charge on any atom is 0.267 e. The largest absolute Gasteiger partial charge is 0.395 e. The van der Waals surface area contributed by atoms with Crippen molar-refractivity contribution >= 4 is 11.6 Å². The Labute approximate surface area is 138 Å². The number of aliphatic hydroxyl groups is 1. The third-order valence-electron chi connectivity index (χ3n) is 3.71. The van der Waals surface area contributed by atoms with Crippen LogP contribution in [0.25, 0.3) is 0 Å². The van der Waals surface area contributed by atoms with Crippen LogP contribution < -0.4 is 5.32 Å². The molecule has 23 heavy (non-hydrogen) atoms. The third-order valence-corrected chi connectivity index (χ3v) is 3.71. The maximum absolute atomic E-state index is 12.4. The summed E-state index contributed by atoms with van der Waals surface area (Å²) in [7, 11) is 0. The van der Waals surface area contributed by atoms with Crippen molar-refractivity contribution in [3.05, 3.63) is 41.1 Å². The van der Waals surface area contributed by atoms with E-state index >= 15 is 0 Å². The van der Waals surface area contributed by atoms with Crippen LogP contribution in [0.1, 0.15) is 31.9 Å². The maximum atomic E-state index is 12.4. The molecule has 2 N–H and O–H groups in total. The van der Waals surface area contributed by atoms with E-state index in [2.05, 4.69) is 5.32 Å². The van der Waals surface area contributed by atoms with Gasteiger partial charge in [-0.3, -0.25) is 4.79 Å². The van der Waals surface area contributed by atoms with Gasteiger partial charge in [0, 0.05) is 25.0 Å². The number of nitrogens with zero attached hydrogens (tertiary/aromatic N) is 2. The quantitative estimate of drug-likeness (QED) is 0.571. The number of anilines is 1. The number of carbonyl (C=O) groups is 1. The minimum atomic E-state index is -0.417. The molecule has 0 aliphatic heterocycles. The van der Waals surface area contributed by atoms with E-state index in [1.54, 1.807) is 4.90 Å². The monoisotopic (exact) mass is 315 g/mol. The first-order valence-electron chi connectivity index (χ1n) is 8.00. The molecule has 0 radical (unpaired) electrons. The van der Waals surface area contributed by atoms with Gasteiger partial charge >= 0.3 is 0 Å². The highest BCUT2D eigenvalue weighted by atomic mass is 16.3. The number of nitrogens with one attached hydrogen (secondary N) is 1. The minimum Gasteiger partial charge on any atom is -0.395 e. The molecule has 5 heteroatoms. The van der Waals surface area contributed by atoms with Crippen molar-refractivity contribution in [3.8, 4) is 6.07 Å². The van der Waals surface area contributed by atoms with E-state index in [1.165, 1.54) is 6.20 Å². The SMILES string of the molecule is CCc1cccc(CC)c1NC(=O)/C(C#N)=C\N(CC)CCO. The minimum absolute atomic E-state index is 0.0245. The Morgan fingerprint density at radius 3 is 2.35 bits per heavy atom. The average molecular weight is 315 g/mol. The van der Waals surface area contributed by atoms with E-state index < -0.39 is 5.91 Å². The summed E-state index contributed by atoms with van der Waals surface area (Å²) in [4.78, 5) is 14.2. The van der Waals surface area contributed by atoms with Gasteiger partial charge in [-0.2, -0.15) is 5.26 Å². The summed E-state index contributed by atoms with van der Waals surface area (Å²) in [6.07, 6.45) is 3.12. The van der Waals surface area contributed by atoms with Crippen LogP contribution in [0.2, 0.25) is 0 Å². The lowest BCUT2D eigenvalue weighted by Gasteiger charge is -2.18. The van der Waals surface area contributed by atoms with Gasteiger partial charge in [0.2, 0.25) is 0 Å². The number of benzene rings is 1.